The molecule has 5 rings (SSSR count). The normalized spacial score (nSPS) is 18.8. The van der Waals surface area contributed by atoms with Crippen LogP contribution < -0.4 is 14.8 Å². The number of Topliss-reactive ketones (excluding diaryl/α,β-unsaturated/α-hetero) is 1. The van der Waals surface area contributed by atoms with Crippen LogP contribution >= 0.6 is 0 Å². The summed E-state index contributed by atoms with van der Waals surface area (Å²) in [5.41, 5.74) is 4.71. The van der Waals surface area contributed by atoms with E-state index >= 15 is 0 Å². The molecule has 1 atom stereocenters. The molecule has 2 aliphatic rings. The van der Waals surface area contributed by atoms with Crippen LogP contribution in [0.4, 0.5) is 4.79 Å². The first-order chi connectivity index (χ1) is 16.6. The summed E-state index contributed by atoms with van der Waals surface area (Å²) in [6, 6.07) is 12.5. The molecule has 8 heteroatoms. The van der Waals surface area contributed by atoms with E-state index in [2.05, 4.69) is 24.4 Å². The number of ketones is 1. The number of aryl methyl sites for hydroxylation is 3. The van der Waals surface area contributed by atoms with E-state index in [4.69, 9.17) is 9.47 Å². The molecule has 0 radical (unpaired) electrons. The first-order valence-electron chi connectivity index (χ1n) is 11.4. The molecular weight excluding hydrogens is 446 g/mol. The Morgan fingerprint density at radius 3 is 2.46 bits per heavy atom. The van der Waals surface area contributed by atoms with Gasteiger partial charge in [0.15, 0.2) is 17.3 Å². The van der Waals surface area contributed by atoms with Gasteiger partial charge in [0.1, 0.15) is 5.54 Å². The van der Waals surface area contributed by atoms with Gasteiger partial charge in [-0.3, -0.25) is 14.5 Å². The molecule has 3 amide bonds. The molecule has 2 aliphatic heterocycles. The number of nitrogens with one attached hydrogen (secondary N) is 1. The number of aromatic nitrogens is 1. The fraction of sp³-hybridized carbons (Fsp3) is 0.296. The molecule has 8 nitrogen and oxygen atoms in total. The minimum atomic E-state index is -1.31. The van der Waals surface area contributed by atoms with E-state index in [0.717, 1.165) is 27.5 Å². The molecule has 0 bridgehead atoms. The van der Waals surface area contributed by atoms with E-state index in [9.17, 15) is 14.4 Å². The first kappa shape index (κ1) is 22.7. The first-order valence-corrected chi connectivity index (χ1v) is 11.4. The predicted molar refractivity (Wildman–Crippen MR) is 129 cm³/mol. The number of nitrogens with zero attached hydrogens (tertiary/aromatic N) is 2. The summed E-state index contributed by atoms with van der Waals surface area (Å²) in [7, 11) is 0. The van der Waals surface area contributed by atoms with Crippen LogP contribution in [-0.2, 0) is 10.3 Å². The third-order valence-electron chi connectivity index (χ3n) is 7.01. The summed E-state index contributed by atoms with van der Waals surface area (Å²) in [6.45, 7) is 9.30. The zero-order valence-electron chi connectivity index (χ0n) is 20.4. The summed E-state index contributed by atoms with van der Waals surface area (Å²) < 4.78 is 12.8. The van der Waals surface area contributed by atoms with Gasteiger partial charge in [-0.15, -0.1) is 0 Å². The fourth-order valence-electron chi connectivity index (χ4n) is 4.78. The number of fused-ring (bicyclic) bond motifs is 1. The molecule has 1 aromatic heterocycles. The molecule has 180 valence electrons. The monoisotopic (exact) mass is 473 g/mol. The zero-order chi connectivity index (χ0) is 25.1. The van der Waals surface area contributed by atoms with Crippen molar-refractivity contribution in [1.29, 1.82) is 0 Å². The predicted octanol–water partition coefficient (Wildman–Crippen LogP) is 4.09. The average molecular weight is 474 g/mol. The topological polar surface area (TPSA) is 89.9 Å². The Labute approximate surface area is 203 Å². The van der Waals surface area contributed by atoms with Gasteiger partial charge in [-0.25, -0.2) is 4.79 Å². The van der Waals surface area contributed by atoms with E-state index in [0.29, 0.717) is 22.6 Å². The lowest BCUT2D eigenvalue weighted by atomic mass is 9.91. The summed E-state index contributed by atoms with van der Waals surface area (Å²) in [5, 5.41) is 2.75. The van der Waals surface area contributed by atoms with Gasteiger partial charge in [-0.1, -0.05) is 12.1 Å². The van der Waals surface area contributed by atoms with E-state index in [1.54, 1.807) is 25.1 Å². The summed E-state index contributed by atoms with van der Waals surface area (Å²) >= 11 is 0. The van der Waals surface area contributed by atoms with E-state index in [1.807, 2.05) is 37.5 Å². The van der Waals surface area contributed by atoms with E-state index in [-0.39, 0.29) is 19.1 Å². The highest BCUT2D eigenvalue weighted by Gasteiger charge is 2.50. The molecule has 1 fully saturated rings. The molecule has 0 unspecified atom stereocenters. The van der Waals surface area contributed by atoms with Crippen molar-refractivity contribution >= 4 is 17.7 Å². The molecular formula is C27H27N3O5. The Morgan fingerprint density at radius 1 is 0.971 bits per heavy atom. The standard InChI is InChI=1S/C27H27N3O5/c1-15-6-8-20(10-16(15)2)30-17(3)11-21(18(30)4)22(31)13-29-25(32)27(5,28-26(29)33)19-7-9-23-24(12-19)35-14-34-23/h6-12H,13-14H2,1-5H3,(H,28,33)/t27-/m1/s1. The maximum absolute atomic E-state index is 13.4. The van der Waals surface area contributed by atoms with Crippen LogP contribution in [0.5, 0.6) is 11.5 Å². The lowest BCUT2D eigenvalue weighted by Crippen LogP contribution is -2.41. The largest absolute Gasteiger partial charge is 0.454 e. The van der Waals surface area contributed by atoms with Crippen molar-refractivity contribution in [1.82, 2.24) is 14.8 Å². The van der Waals surface area contributed by atoms with Crippen molar-refractivity contribution < 1.29 is 23.9 Å². The highest BCUT2D eigenvalue weighted by molar-refractivity contribution is 6.11. The maximum Gasteiger partial charge on any atom is 0.325 e. The number of benzene rings is 2. The smallest absolute Gasteiger partial charge is 0.325 e. The zero-order valence-corrected chi connectivity index (χ0v) is 20.4. The van der Waals surface area contributed by atoms with Crippen LogP contribution in [0, 0.1) is 27.7 Å². The van der Waals surface area contributed by atoms with Crippen LogP contribution in [-0.4, -0.2) is 40.5 Å². The second-order valence-corrected chi connectivity index (χ2v) is 9.33. The van der Waals surface area contributed by atoms with Crippen LogP contribution in [0.25, 0.3) is 5.69 Å². The molecule has 0 saturated carbocycles. The molecule has 2 aromatic carbocycles. The number of ether oxygens (including phenoxy) is 2. The second-order valence-electron chi connectivity index (χ2n) is 9.33. The Balaban J connectivity index is 1.41. The van der Waals surface area contributed by atoms with Crippen molar-refractivity contribution in [2.24, 2.45) is 0 Å². The van der Waals surface area contributed by atoms with Gasteiger partial charge < -0.3 is 19.4 Å². The van der Waals surface area contributed by atoms with Gasteiger partial charge in [0, 0.05) is 22.6 Å². The number of imide groups is 1. The van der Waals surface area contributed by atoms with Crippen molar-refractivity contribution in [3.8, 4) is 17.2 Å². The Hall–Kier alpha value is -4.07. The summed E-state index contributed by atoms with van der Waals surface area (Å²) in [4.78, 5) is 40.5. The van der Waals surface area contributed by atoms with Crippen LogP contribution in [0.1, 0.15) is 45.4 Å². The van der Waals surface area contributed by atoms with Gasteiger partial charge in [-0.05, 0) is 81.6 Å². The van der Waals surface area contributed by atoms with Crippen molar-refractivity contribution in [2.75, 3.05) is 13.3 Å². The fourth-order valence-corrected chi connectivity index (χ4v) is 4.78. The van der Waals surface area contributed by atoms with Gasteiger partial charge in [0.05, 0.1) is 6.54 Å². The minimum Gasteiger partial charge on any atom is -0.454 e. The highest BCUT2D eigenvalue weighted by Crippen LogP contribution is 2.38. The van der Waals surface area contributed by atoms with Crippen LogP contribution in [0.2, 0.25) is 0 Å². The molecule has 0 aliphatic carbocycles. The Kier molecular flexibility index (Phi) is 5.20. The van der Waals surface area contributed by atoms with E-state index < -0.39 is 17.5 Å². The average Bonchev–Trinajstić information content (AvgIpc) is 3.47. The second kappa shape index (κ2) is 8.01. The van der Waals surface area contributed by atoms with Crippen LogP contribution in [0.15, 0.2) is 42.5 Å². The van der Waals surface area contributed by atoms with Crippen molar-refractivity contribution in [3.63, 3.8) is 0 Å². The lowest BCUT2D eigenvalue weighted by molar-refractivity contribution is -0.130. The van der Waals surface area contributed by atoms with Crippen LogP contribution in [0.3, 0.4) is 0 Å². The summed E-state index contributed by atoms with van der Waals surface area (Å²) in [6.07, 6.45) is 0. The Bertz CT molecular complexity index is 1410. The molecule has 0 spiro atoms. The highest BCUT2D eigenvalue weighted by atomic mass is 16.7. The summed E-state index contributed by atoms with van der Waals surface area (Å²) in [5.74, 6) is 0.309. The van der Waals surface area contributed by atoms with Crippen molar-refractivity contribution in [2.45, 2.75) is 40.2 Å². The van der Waals surface area contributed by atoms with Gasteiger partial charge in [0.25, 0.3) is 5.91 Å². The molecule has 35 heavy (non-hydrogen) atoms. The molecule has 1 N–H and O–H groups in total. The SMILES string of the molecule is Cc1ccc(-n2c(C)cc(C(=O)CN3C(=O)N[C@](C)(c4ccc5c(c4)OCO5)C3=O)c2C)cc1C. The third kappa shape index (κ3) is 3.56. The number of rotatable bonds is 5. The minimum absolute atomic E-state index is 0.108. The number of hydrogen-bond donors (Lipinski definition) is 1. The Morgan fingerprint density at radius 2 is 1.71 bits per heavy atom. The van der Waals surface area contributed by atoms with Crippen molar-refractivity contribution in [3.05, 3.63) is 76.1 Å². The molecule has 3 heterocycles. The number of urea groups is 1. The number of amides is 3. The van der Waals surface area contributed by atoms with Gasteiger partial charge >= 0.3 is 6.03 Å². The van der Waals surface area contributed by atoms with Gasteiger partial charge in [0.2, 0.25) is 6.79 Å². The number of carbonyl (C=O) groups excluding carboxylic acids is 3. The van der Waals surface area contributed by atoms with Gasteiger partial charge in [-0.2, -0.15) is 0 Å². The number of carbonyl (C=O) groups is 3. The van der Waals surface area contributed by atoms with E-state index in [1.165, 1.54) is 5.56 Å². The lowest BCUT2D eigenvalue weighted by Gasteiger charge is -2.22. The molecule has 3 aromatic rings. The number of hydrogen-bond acceptors (Lipinski definition) is 5. The third-order valence-corrected chi connectivity index (χ3v) is 7.01. The quantitative estimate of drug-likeness (QED) is 0.445. The molecule has 1 saturated heterocycles. The maximum atomic E-state index is 13.4.